The number of nitrogens with zero attached hydrogens (tertiary/aromatic N) is 2. The first-order valence-corrected chi connectivity index (χ1v) is 6.62. The lowest BCUT2D eigenvalue weighted by Crippen LogP contribution is -2.41. The van der Waals surface area contributed by atoms with Gasteiger partial charge in [0.25, 0.3) is 0 Å². The van der Waals surface area contributed by atoms with Crippen LogP contribution in [0, 0.1) is 6.92 Å². The highest BCUT2D eigenvalue weighted by Gasteiger charge is 2.18. The van der Waals surface area contributed by atoms with E-state index in [1.165, 1.54) is 24.0 Å². The molecule has 3 nitrogen and oxygen atoms in total. The van der Waals surface area contributed by atoms with E-state index in [2.05, 4.69) is 42.2 Å². The Morgan fingerprint density at radius 2 is 2.12 bits per heavy atom. The largest absolute Gasteiger partial charge is 0.356 e. The number of piperidine rings is 1. The molecule has 0 bridgehead atoms. The van der Waals surface area contributed by atoms with E-state index in [1.54, 1.807) is 0 Å². The van der Waals surface area contributed by atoms with E-state index in [4.69, 9.17) is 0 Å². The predicted octanol–water partition coefficient (Wildman–Crippen LogP) is 2.14. The van der Waals surface area contributed by atoms with Crippen LogP contribution < -0.4 is 10.2 Å². The number of pyridine rings is 1. The lowest BCUT2D eigenvalue weighted by Gasteiger charge is -2.32. The average molecular weight is 233 g/mol. The van der Waals surface area contributed by atoms with Gasteiger partial charge in [-0.1, -0.05) is 6.92 Å². The standard InChI is InChI=1S/C14H23N3/c1-4-12-10-16-14(9-11(12)2)17-7-5-13(15-3)6-8-17/h9-10,13,15H,4-8H2,1-3H3. The third-order valence-corrected chi connectivity index (χ3v) is 3.81. The van der Waals surface area contributed by atoms with E-state index in [9.17, 15) is 0 Å². The molecule has 1 saturated heterocycles. The summed E-state index contributed by atoms with van der Waals surface area (Å²) in [4.78, 5) is 6.99. The number of aryl methyl sites for hydroxylation is 2. The molecule has 0 unspecified atom stereocenters. The molecule has 3 heteroatoms. The van der Waals surface area contributed by atoms with Crippen LogP contribution in [-0.2, 0) is 6.42 Å². The monoisotopic (exact) mass is 233 g/mol. The van der Waals surface area contributed by atoms with Gasteiger partial charge in [0.15, 0.2) is 0 Å². The zero-order valence-corrected chi connectivity index (χ0v) is 11.2. The molecule has 1 N–H and O–H groups in total. The second-order valence-electron chi connectivity index (χ2n) is 4.87. The van der Waals surface area contributed by atoms with E-state index < -0.39 is 0 Å². The molecule has 0 radical (unpaired) electrons. The maximum absolute atomic E-state index is 4.59. The van der Waals surface area contributed by atoms with E-state index in [1.807, 2.05) is 6.20 Å². The number of anilines is 1. The third-order valence-electron chi connectivity index (χ3n) is 3.81. The predicted molar refractivity (Wildman–Crippen MR) is 72.6 cm³/mol. The van der Waals surface area contributed by atoms with Crippen LogP contribution in [0.4, 0.5) is 5.82 Å². The van der Waals surface area contributed by atoms with Gasteiger partial charge in [-0.25, -0.2) is 4.98 Å². The molecule has 1 aromatic rings. The van der Waals surface area contributed by atoms with Crippen LogP contribution in [0.25, 0.3) is 0 Å². The summed E-state index contributed by atoms with van der Waals surface area (Å²) < 4.78 is 0. The summed E-state index contributed by atoms with van der Waals surface area (Å²) in [6.45, 7) is 6.60. The first-order chi connectivity index (χ1) is 8.24. The van der Waals surface area contributed by atoms with Gasteiger partial charge in [-0.05, 0) is 50.4 Å². The van der Waals surface area contributed by atoms with E-state index in [0.29, 0.717) is 6.04 Å². The van der Waals surface area contributed by atoms with Crippen molar-refractivity contribution < 1.29 is 0 Å². The summed E-state index contributed by atoms with van der Waals surface area (Å²) in [5, 5.41) is 3.36. The summed E-state index contributed by atoms with van der Waals surface area (Å²) in [5.41, 5.74) is 2.73. The van der Waals surface area contributed by atoms with Gasteiger partial charge in [-0.3, -0.25) is 0 Å². The van der Waals surface area contributed by atoms with Gasteiger partial charge in [0, 0.05) is 25.3 Å². The number of aromatic nitrogens is 1. The average Bonchev–Trinajstić information content (AvgIpc) is 2.39. The lowest BCUT2D eigenvalue weighted by atomic mass is 10.0. The Kier molecular flexibility index (Phi) is 4.00. The molecule has 0 saturated carbocycles. The minimum absolute atomic E-state index is 0.683. The fourth-order valence-electron chi connectivity index (χ4n) is 2.51. The minimum Gasteiger partial charge on any atom is -0.356 e. The topological polar surface area (TPSA) is 28.2 Å². The fourth-order valence-corrected chi connectivity index (χ4v) is 2.51. The Hall–Kier alpha value is -1.09. The SMILES string of the molecule is CCc1cnc(N2CCC(NC)CC2)cc1C. The Bertz CT molecular complexity index is 368. The minimum atomic E-state index is 0.683. The Morgan fingerprint density at radius 3 is 2.65 bits per heavy atom. The maximum atomic E-state index is 4.59. The van der Waals surface area contributed by atoms with Crippen molar-refractivity contribution in [1.29, 1.82) is 0 Å². The van der Waals surface area contributed by atoms with Crippen LogP contribution in [0.2, 0.25) is 0 Å². The normalized spacial score (nSPS) is 17.5. The molecular formula is C14H23N3. The molecule has 17 heavy (non-hydrogen) atoms. The van der Waals surface area contributed by atoms with E-state index in [-0.39, 0.29) is 0 Å². The molecule has 2 heterocycles. The van der Waals surface area contributed by atoms with Gasteiger partial charge >= 0.3 is 0 Å². The van der Waals surface area contributed by atoms with Crippen molar-refractivity contribution >= 4 is 5.82 Å². The molecule has 0 aromatic carbocycles. The van der Waals surface area contributed by atoms with Gasteiger partial charge in [-0.2, -0.15) is 0 Å². The van der Waals surface area contributed by atoms with Crippen LogP contribution >= 0.6 is 0 Å². The number of nitrogens with one attached hydrogen (secondary N) is 1. The number of hydrogen-bond donors (Lipinski definition) is 1. The number of rotatable bonds is 3. The summed E-state index contributed by atoms with van der Waals surface area (Å²) >= 11 is 0. The molecule has 94 valence electrons. The maximum Gasteiger partial charge on any atom is 0.128 e. The van der Waals surface area contributed by atoms with Crippen molar-refractivity contribution in [2.24, 2.45) is 0 Å². The van der Waals surface area contributed by atoms with Crippen LogP contribution in [0.5, 0.6) is 0 Å². The molecule has 1 aliphatic heterocycles. The summed E-state index contributed by atoms with van der Waals surface area (Å²) in [7, 11) is 2.05. The zero-order valence-electron chi connectivity index (χ0n) is 11.2. The fraction of sp³-hybridized carbons (Fsp3) is 0.643. The molecule has 0 spiro atoms. The van der Waals surface area contributed by atoms with Gasteiger partial charge in [0.2, 0.25) is 0 Å². The molecule has 1 aliphatic rings. The van der Waals surface area contributed by atoms with Gasteiger partial charge in [-0.15, -0.1) is 0 Å². The summed E-state index contributed by atoms with van der Waals surface area (Å²) in [6.07, 6.45) is 5.54. The van der Waals surface area contributed by atoms with Crippen molar-refractivity contribution in [3.8, 4) is 0 Å². The Labute approximate surface area is 104 Å². The highest BCUT2D eigenvalue weighted by Crippen LogP contribution is 2.20. The first-order valence-electron chi connectivity index (χ1n) is 6.62. The summed E-state index contributed by atoms with van der Waals surface area (Å²) in [5.74, 6) is 1.15. The van der Waals surface area contributed by atoms with Crippen molar-refractivity contribution in [2.75, 3.05) is 25.0 Å². The van der Waals surface area contributed by atoms with Crippen LogP contribution in [0.3, 0.4) is 0 Å². The highest BCUT2D eigenvalue weighted by atomic mass is 15.2. The van der Waals surface area contributed by atoms with E-state index >= 15 is 0 Å². The van der Waals surface area contributed by atoms with Crippen LogP contribution in [0.15, 0.2) is 12.3 Å². The molecule has 1 aromatic heterocycles. The van der Waals surface area contributed by atoms with Crippen molar-refractivity contribution in [3.63, 3.8) is 0 Å². The van der Waals surface area contributed by atoms with Gasteiger partial charge < -0.3 is 10.2 Å². The van der Waals surface area contributed by atoms with Crippen molar-refractivity contribution in [2.45, 2.75) is 39.2 Å². The van der Waals surface area contributed by atoms with Crippen molar-refractivity contribution in [3.05, 3.63) is 23.4 Å². The smallest absolute Gasteiger partial charge is 0.128 e. The Morgan fingerprint density at radius 1 is 1.41 bits per heavy atom. The second-order valence-corrected chi connectivity index (χ2v) is 4.87. The van der Waals surface area contributed by atoms with Crippen LogP contribution in [-0.4, -0.2) is 31.2 Å². The highest BCUT2D eigenvalue weighted by molar-refractivity contribution is 5.43. The van der Waals surface area contributed by atoms with Crippen molar-refractivity contribution in [1.82, 2.24) is 10.3 Å². The molecule has 0 aliphatic carbocycles. The second kappa shape index (κ2) is 5.50. The van der Waals surface area contributed by atoms with E-state index in [0.717, 1.165) is 25.3 Å². The van der Waals surface area contributed by atoms with Gasteiger partial charge in [0.1, 0.15) is 5.82 Å². The summed E-state index contributed by atoms with van der Waals surface area (Å²) in [6, 6.07) is 2.92. The first kappa shape index (κ1) is 12.4. The molecule has 0 atom stereocenters. The molecule has 1 fully saturated rings. The third kappa shape index (κ3) is 2.78. The quantitative estimate of drug-likeness (QED) is 0.867. The lowest BCUT2D eigenvalue weighted by molar-refractivity contribution is 0.441. The Balaban J connectivity index is 2.06. The molecule has 2 rings (SSSR count). The van der Waals surface area contributed by atoms with Crippen LogP contribution in [0.1, 0.15) is 30.9 Å². The number of hydrogen-bond acceptors (Lipinski definition) is 3. The zero-order chi connectivity index (χ0) is 12.3. The molecular weight excluding hydrogens is 210 g/mol. The molecule has 0 amide bonds. The van der Waals surface area contributed by atoms with Gasteiger partial charge in [0.05, 0.1) is 0 Å².